The number of ether oxygens (including phenoxy) is 1. The number of benzene rings is 1. The highest BCUT2D eigenvalue weighted by molar-refractivity contribution is 5.44. The highest BCUT2D eigenvalue weighted by atomic mass is 19.1. The van der Waals surface area contributed by atoms with Gasteiger partial charge >= 0.3 is 0 Å². The van der Waals surface area contributed by atoms with Crippen LogP contribution in [0, 0.1) is 12.7 Å². The lowest BCUT2D eigenvalue weighted by Gasteiger charge is -2.08. The summed E-state index contributed by atoms with van der Waals surface area (Å²) in [4.78, 5) is 8.17. The highest BCUT2D eigenvalue weighted by Crippen LogP contribution is 2.24. The molecular weight excluding hydrogens is 249 g/mol. The van der Waals surface area contributed by atoms with Crippen molar-refractivity contribution in [2.75, 3.05) is 5.73 Å². The van der Waals surface area contributed by atoms with Crippen molar-refractivity contribution < 1.29 is 9.13 Å². The summed E-state index contributed by atoms with van der Waals surface area (Å²) < 4.78 is 20.4. The van der Waals surface area contributed by atoms with Crippen LogP contribution in [0.15, 0.2) is 30.6 Å². The molecule has 0 unspecified atom stereocenters. The molecule has 0 amide bonds. The fraction of sp³-hybridized carbons (Fsp3) is 0.0833. The molecule has 0 aliphatic rings. The zero-order valence-electron chi connectivity index (χ0n) is 10.0. The van der Waals surface area contributed by atoms with Gasteiger partial charge in [0.05, 0.1) is 5.69 Å². The first kappa shape index (κ1) is 11.4. The average molecular weight is 259 g/mol. The van der Waals surface area contributed by atoms with Crippen molar-refractivity contribution in [2.24, 2.45) is 0 Å². The van der Waals surface area contributed by atoms with Gasteiger partial charge in [0.25, 0.3) is 5.78 Å². The van der Waals surface area contributed by atoms with Crippen LogP contribution in [0.4, 0.5) is 10.1 Å². The third-order valence-corrected chi connectivity index (χ3v) is 2.54. The Morgan fingerprint density at radius 2 is 2.16 bits per heavy atom. The van der Waals surface area contributed by atoms with Gasteiger partial charge in [-0.25, -0.2) is 9.37 Å². The Balaban J connectivity index is 2.04. The molecule has 6 nitrogen and oxygen atoms in total. The molecule has 0 fully saturated rings. The summed E-state index contributed by atoms with van der Waals surface area (Å²) in [5.74, 6) is 0.627. The van der Waals surface area contributed by atoms with E-state index in [2.05, 4.69) is 15.1 Å². The maximum atomic E-state index is 13.4. The smallest absolute Gasteiger partial charge is 0.255 e. The first-order valence-electron chi connectivity index (χ1n) is 5.54. The van der Waals surface area contributed by atoms with E-state index in [9.17, 15) is 4.39 Å². The largest absolute Gasteiger partial charge is 0.439 e. The molecule has 2 heterocycles. The molecule has 2 aromatic heterocycles. The van der Waals surface area contributed by atoms with Crippen molar-refractivity contribution in [2.45, 2.75) is 6.92 Å². The Hall–Kier alpha value is -2.70. The lowest BCUT2D eigenvalue weighted by molar-refractivity contribution is 0.441. The van der Waals surface area contributed by atoms with Crippen LogP contribution in [-0.2, 0) is 0 Å². The number of aryl methyl sites for hydroxylation is 1. The van der Waals surface area contributed by atoms with Crippen LogP contribution in [0.25, 0.3) is 5.78 Å². The molecule has 0 aliphatic heterocycles. The van der Waals surface area contributed by atoms with Crippen LogP contribution in [0.3, 0.4) is 0 Å². The van der Waals surface area contributed by atoms with E-state index in [-0.39, 0.29) is 5.69 Å². The second kappa shape index (κ2) is 4.20. The number of anilines is 1. The maximum Gasteiger partial charge on any atom is 0.255 e. The third kappa shape index (κ3) is 2.05. The number of nitrogens with zero attached hydrogens (tertiary/aromatic N) is 4. The summed E-state index contributed by atoms with van der Waals surface area (Å²) in [6.07, 6.45) is 1.37. The molecular formula is C12H10FN5O. The summed E-state index contributed by atoms with van der Waals surface area (Å²) >= 11 is 0. The van der Waals surface area contributed by atoms with Gasteiger partial charge < -0.3 is 10.5 Å². The van der Waals surface area contributed by atoms with E-state index in [0.717, 1.165) is 5.69 Å². The zero-order valence-corrected chi connectivity index (χ0v) is 10.0. The van der Waals surface area contributed by atoms with E-state index in [1.54, 1.807) is 12.1 Å². The zero-order chi connectivity index (χ0) is 13.4. The number of hydrogen-bond donors (Lipinski definition) is 1. The molecule has 3 aromatic rings. The fourth-order valence-corrected chi connectivity index (χ4v) is 1.66. The topological polar surface area (TPSA) is 78.3 Å². The number of halogens is 1. The summed E-state index contributed by atoms with van der Waals surface area (Å²) in [6, 6.07) is 5.93. The number of rotatable bonds is 2. The second-order valence-electron chi connectivity index (χ2n) is 3.99. The van der Waals surface area contributed by atoms with Crippen molar-refractivity contribution >= 4 is 11.5 Å². The molecule has 0 bridgehead atoms. The van der Waals surface area contributed by atoms with Crippen molar-refractivity contribution in [1.82, 2.24) is 19.6 Å². The molecule has 96 valence electrons. The van der Waals surface area contributed by atoms with E-state index in [1.807, 2.05) is 6.92 Å². The number of hydrogen-bond acceptors (Lipinski definition) is 5. The number of nitrogen functional groups attached to an aromatic ring is 1. The molecule has 0 radical (unpaired) electrons. The molecule has 3 rings (SSSR count). The number of aromatic nitrogens is 4. The molecule has 19 heavy (non-hydrogen) atoms. The Kier molecular flexibility index (Phi) is 2.52. The van der Waals surface area contributed by atoms with Crippen molar-refractivity contribution in [3.8, 4) is 11.6 Å². The normalized spacial score (nSPS) is 10.8. The van der Waals surface area contributed by atoms with Crippen LogP contribution >= 0.6 is 0 Å². The van der Waals surface area contributed by atoms with Crippen molar-refractivity contribution in [3.63, 3.8) is 0 Å². The Morgan fingerprint density at radius 3 is 2.95 bits per heavy atom. The lowest BCUT2D eigenvalue weighted by Crippen LogP contribution is -1.99. The first-order valence-corrected chi connectivity index (χ1v) is 5.54. The van der Waals surface area contributed by atoms with Gasteiger partial charge in [0.1, 0.15) is 17.9 Å². The highest BCUT2D eigenvalue weighted by Gasteiger charge is 2.09. The second-order valence-corrected chi connectivity index (χ2v) is 3.99. The average Bonchev–Trinajstić information content (AvgIpc) is 2.82. The molecule has 0 spiro atoms. The van der Waals surface area contributed by atoms with Crippen LogP contribution in [-0.4, -0.2) is 19.6 Å². The Bertz CT molecular complexity index is 755. The van der Waals surface area contributed by atoms with E-state index < -0.39 is 5.82 Å². The summed E-state index contributed by atoms with van der Waals surface area (Å²) in [5, 5.41) is 4.00. The summed E-state index contributed by atoms with van der Waals surface area (Å²) in [5.41, 5.74) is 6.21. The molecule has 0 aliphatic carbocycles. The van der Waals surface area contributed by atoms with E-state index in [4.69, 9.17) is 10.5 Å². The van der Waals surface area contributed by atoms with Gasteiger partial charge in [-0.05, 0) is 19.1 Å². The van der Waals surface area contributed by atoms with Gasteiger partial charge in [-0.2, -0.15) is 14.6 Å². The quantitative estimate of drug-likeness (QED) is 0.711. The van der Waals surface area contributed by atoms with Crippen LogP contribution in [0.5, 0.6) is 11.6 Å². The monoisotopic (exact) mass is 259 g/mol. The van der Waals surface area contributed by atoms with Gasteiger partial charge in [-0.15, -0.1) is 0 Å². The molecule has 1 aromatic carbocycles. The first-order chi connectivity index (χ1) is 9.13. The van der Waals surface area contributed by atoms with E-state index >= 15 is 0 Å². The standard InChI is InChI=1S/C12H10FN5O/c1-7-4-11(18-12(17-7)15-6-16-18)19-8-2-3-10(14)9(13)5-8/h2-6H,14H2,1H3. The maximum absolute atomic E-state index is 13.4. The predicted molar refractivity (Wildman–Crippen MR) is 66.4 cm³/mol. The van der Waals surface area contributed by atoms with E-state index in [1.165, 1.54) is 23.0 Å². The van der Waals surface area contributed by atoms with Gasteiger partial charge in [-0.3, -0.25) is 0 Å². The lowest BCUT2D eigenvalue weighted by atomic mass is 10.3. The minimum absolute atomic E-state index is 0.0733. The number of nitrogens with two attached hydrogens (primary N) is 1. The minimum atomic E-state index is -0.530. The summed E-state index contributed by atoms with van der Waals surface area (Å²) in [6.45, 7) is 1.81. The van der Waals surface area contributed by atoms with Gasteiger partial charge in [0.15, 0.2) is 0 Å². The molecule has 0 saturated carbocycles. The third-order valence-electron chi connectivity index (χ3n) is 2.54. The van der Waals surface area contributed by atoms with Crippen molar-refractivity contribution in [1.29, 1.82) is 0 Å². The Morgan fingerprint density at radius 1 is 1.32 bits per heavy atom. The van der Waals surface area contributed by atoms with Gasteiger partial charge in [0.2, 0.25) is 5.88 Å². The van der Waals surface area contributed by atoms with Crippen LogP contribution in [0.2, 0.25) is 0 Å². The van der Waals surface area contributed by atoms with Gasteiger partial charge in [-0.1, -0.05) is 0 Å². The van der Waals surface area contributed by atoms with Crippen LogP contribution < -0.4 is 10.5 Å². The minimum Gasteiger partial charge on any atom is -0.439 e. The molecule has 7 heteroatoms. The fourth-order valence-electron chi connectivity index (χ4n) is 1.66. The SMILES string of the molecule is Cc1cc(Oc2ccc(N)c(F)c2)n2ncnc2n1. The molecule has 0 atom stereocenters. The molecule has 0 saturated heterocycles. The Labute approximate surface area is 107 Å². The van der Waals surface area contributed by atoms with Crippen LogP contribution in [0.1, 0.15) is 5.69 Å². The summed E-state index contributed by atoms with van der Waals surface area (Å²) in [7, 11) is 0. The predicted octanol–water partition coefficient (Wildman–Crippen LogP) is 1.95. The molecule has 2 N–H and O–H groups in total. The van der Waals surface area contributed by atoms with Gasteiger partial charge in [0, 0.05) is 17.8 Å². The number of fused-ring (bicyclic) bond motifs is 1. The van der Waals surface area contributed by atoms with E-state index in [0.29, 0.717) is 17.4 Å². The van der Waals surface area contributed by atoms with Crippen molar-refractivity contribution in [3.05, 3.63) is 42.1 Å².